The molecule has 154 valence electrons. The van der Waals surface area contributed by atoms with Gasteiger partial charge in [0.1, 0.15) is 0 Å². The summed E-state index contributed by atoms with van der Waals surface area (Å²) in [6.45, 7) is 3.44. The molecule has 5 rings (SSSR count). The molecule has 1 nitrogen and oxygen atoms in total. The van der Waals surface area contributed by atoms with Crippen LogP contribution >= 0.6 is 0 Å². The molecule has 0 aromatic heterocycles. The number of rotatable bonds is 4. The Morgan fingerprint density at radius 2 is 1.26 bits per heavy atom. The van der Waals surface area contributed by atoms with Crippen LogP contribution < -0.4 is 0 Å². The Hall–Kier alpha value is -3.16. The molecule has 1 heteroatoms. The molecule has 1 aliphatic carbocycles. The smallest absolute Gasteiger partial charge is 0.00192 e. The number of hydrogen-bond acceptors (Lipinski definition) is 1. The fraction of sp³-hybridized carbons (Fsp3) is 0.200. The van der Waals surface area contributed by atoms with Crippen molar-refractivity contribution in [1.82, 2.24) is 4.90 Å². The third kappa shape index (κ3) is 4.47. The van der Waals surface area contributed by atoms with Crippen molar-refractivity contribution in [3.8, 4) is 0 Å². The molecule has 0 saturated carbocycles. The minimum atomic E-state index is 1.11. The number of nitrogens with zero attached hydrogens (tertiary/aromatic N) is 1. The van der Waals surface area contributed by atoms with E-state index in [1.54, 1.807) is 5.57 Å². The summed E-state index contributed by atoms with van der Waals surface area (Å²) in [5, 5.41) is 0. The maximum absolute atomic E-state index is 2.62. The van der Waals surface area contributed by atoms with E-state index in [2.05, 4.69) is 108 Å². The van der Waals surface area contributed by atoms with Gasteiger partial charge in [-0.3, -0.25) is 0 Å². The van der Waals surface area contributed by atoms with Crippen LogP contribution in [0.4, 0.5) is 0 Å². The molecule has 0 N–H and O–H groups in total. The molecule has 31 heavy (non-hydrogen) atoms. The van der Waals surface area contributed by atoms with Crippen molar-refractivity contribution in [2.45, 2.75) is 19.3 Å². The number of likely N-dealkylation sites (tertiary alicyclic amines) is 1. The summed E-state index contributed by atoms with van der Waals surface area (Å²) >= 11 is 0. The predicted molar refractivity (Wildman–Crippen MR) is 134 cm³/mol. The second-order valence-corrected chi connectivity index (χ2v) is 8.43. The highest BCUT2D eigenvalue weighted by Crippen LogP contribution is 2.38. The van der Waals surface area contributed by atoms with Crippen molar-refractivity contribution < 1.29 is 0 Å². The van der Waals surface area contributed by atoms with Gasteiger partial charge in [-0.25, -0.2) is 0 Å². The van der Waals surface area contributed by atoms with E-state index in [1.807, 2.05) is 0 Å². The summed E-state index contributed by atoms with van der Waals surface area (Å²) < 4.78 is 0. The molecule has 1 fully saturated rings. The van der Waals surface area contributed by atoms with Gasteiger partial charge in [0.2, 0.25) is 0 Å². The first-order valence-corrected chi connectivity index (χ1v) is 11.4. The molecule has 3 aromatic rings. The Bertz CT molecular complexity index is 1070. The van der Waals surface area contributed by atoms with Crippen molar-refractivity contribution in [2.24, 2.45) is 0 Å². The number of benzene rings is 3. The lowest BCUT2D eigenvalue weighted by Crippen LogP contribution is -2.31. The summed E-state index contributed by atoms with van der Waals surface area (Å²) in [7, 11) is 0. The molecule has 1 aliphatic heterocycles. The van der Waals surface area contributed by atoms with E-state index in [9.17, 15) is 0 Å². The standard InChI is InChI=1S/C30H29N/c1-2-10-24(11-3-1)12-8-9-21-31-22-19-27(20-23-31)30-28-15-6-4-13-25(28)17-18-26-14-5-7-16-29(26)30/h1-8,10-18H,9,19-23H2. The third-order valence-corrected chi connectivity index (χ3v) is 6.44. The fourth-order valence-corrected chi connectivity index (χ4v) is 4.78. The molecule has 1 saturated heterocycles. The molecule has 0 bridgehead atoms. The van der Waals surface area contributed by atoms with E-state index in [1.165, 1.54) is 33.4 Å². The average Bonchev–Trinajstić information content (AvgIpc) is 3.00. The Labute approximate surface area is 186 Å². The first kappa shape index (κ1) is 19.8. The van der Waals surface area contributed by atoms with Crippen molar-refractivity contribution >= 4 is 23.8 Å². The molecule has 2 aliphatic rings. The zero-order valence-corrected chi connectivity index (χ0v) is 18.0. The van der Waals surface area contributed by atoms with Crippen LogP contribution in [0.15, 0.2) is 90.5 Å². The molecule has 0 amide bonds. The first-order chi connectivity index (χ1) is 15.4. The van der Waals surface area contributed by atoms with Gasteiger partial charge < -0.3 is 4.90 Å². The summed E-state index contributed by atoms with van der Waals surface area (Å²) in [4.78, 5) is 2.62. The Morgan fingerprint density at radius 3 is 1.90 bits per heavy atom. The van der Waals surface area contributed by atoms with E-state index >= 15 is 0 Å². The van der Waals surface area contributed by atoms with Gasteiger partial charge in [0, 0.05) is 19.6 Å². The number of piperidine rings is 1. The van der Waals surface area contributed by atoms with E-state index in [0.29, 0.717) is 0 Å². The summed E-state index contributed by atoms with van der Waals surface area (Å²) in [5.74, 6) is 0. The molecule has 0 unspecified atom stereocenters. The van der Waals surface area contributed by atoms with Gasteiger partial charge >= 0.3 is 0 Å². The lowest BCUT2D eigenvalue weighted by molar-refractivity contribution is 0.262. The predicted octanol–water partition coefficient (Wildman–Crippen LogP) is 7.17. The van der Waals surface area contributed by atoms with Gasteiger partial charge in [0.25, 0.3) is 0 Å². The third-order valence-electron chi connectivity index (χ3n) is 6.44. The second kappa shape index (κ2) is 9.32. The first-order valence-electron chi connectivity index (χ1n) is 11.4. The van der Waals surface area contributed by atoms with E-state index in [0.717, 1.165) is 38.9 Å². The molecule has 0 atom stereocenters. The molecule has 0 radical (unpaired) electrons. The molecular weight excluding hydrogens is 374 g/mol. The second-order valence-electron chi connectivity index (χ2n) is 8.43. The number of hydrogen-bond donors (Lipinski definition) is 0. The van der Waals surface area contributed by atoms with Gasteiger partial charge in [-0.1, -0.05) is 109 Å². The van der Waals surface area contributed by atoms with Crippen LogP contribution in [0.3, 0.4) is 0 Å². The average molecular weight is 404 g/mol. The fourth-order valence-electron chi connectivity index (χ4n) is 4.78. The molecule has 0 spiro atoms. The maximum Gasteiger partial charge on any atom is 0.00192 e. The lowest BCUT2D eigenvalue weighted by Gasteiger charge is -2.30. The highest BCUT2D eigenvalue weighted by Gasteiger charge is 2.22. The van der Waals surface area contributed by atoms with Crippen molar-refractivity contribution in [2.75, 3.05) is 19.6 Å². The van der Waals surface area contributed by atoms with Gasteiger partial charge in [-0.2, -0.15) is 0 Å². The van der Waals surface area contributed by atoms with Crippen LogP contribution in [0.5, 0.6) is 0 Å². The van der Waals surface area contributed by atoms with Crippen molar-refractivity contribution in [3.05, 3.63) is 118 Å². The van der Waals surface area contributed by atoms with Gasteiger partial charge in [-0.15, -0.1) is 0 Å². The Balaban J connectivity index is 1.32. The highest BCUT2D eigenvalue weighted by atomic mass is 15.1. The Morgan fingerprint density at radius 1 is 0.677 bits per heavy atom. The minimum absolute atomic E-state index is 1.11. The Kier molecular flexibility index (Phi) is 5.95. The van der Waals surface area contributed by atoms with E-state index in [4.69, 9.17) is 0 Å². The minimum Gasteiger partial charge on any atom is -0.302 e. The van der Waals surface area contributed by atoms with E-state index in [-0.39, 0.29) is 0 Å². The van der Waals surface area contributed by atoms with Gasteiger partial charge in [0.05, 0.1) is 0 Å². The summed E-state index contributed by atoms with van der Waals surface area (Å²) in [5.41, 5.74) is 9.80. The summed E-state index contributed by atoms with van der Waals surface area (Å²) in [6, 6.07) is 28.3. The quantitative estimate of drug-likeness (QED) is 0.349. The zero-order chi connectivity index (χ0) is 20.9. The number of fused-ring (bicyclic) bond motifs is 2. The molecule has 3 aromatic carbocycles. The monoisotopic (exact) mass is 403 g/mol. The van der Waals surface area contributed by atoms with Crippen LogP contribution in [0.2, 0.25) is 0 Å². The topological polar surface area (TPSA) is 3.24 Å². The van der Waals surface area contributed by atoms with Crippen molar-refractivity contribution in [3.63, 3.8) is 0 Å². The highest BCUT2D eigenvalue weighted by molar-refractivity contribution is 5.94. The lowest BCUT2D eigenvalue weighted by atomic mass is 9.86. The normalized spacial score (nSPS) is 16.3. The van der Waals surface area contributed by atoms with Crippen LogP contribution in [0, 0.1) is 0 Å². The van der Waals surface area contributed by atoms with Gasteiger partial charge in [-0.05, 0) is 52.7 Å². The zero-order valence-electron chi connectivity index (χ0n) is 18.0. The largest absolute Gasteiger partial charge is 0.302 e. The maximum atomic E-state index is 2.62. The summed E-state index contributed by atoms with van der Waals surface area (Å²) in [6.07, 6.45) is 12.5. The van der Waals surface area contributed by atoms with Gasteiger partial charge in [0.15, 0.2) is 0 Å². The molecular formula is C30H29N. The van der Waals surface area contributed by atoms with E-state index < -0.39 is 0 Å². The van der Waals surface area contributed by atoms with Crippen LogP contribution in [-0.4, -0.2) is 24.5 Å². The molecule has 1 heterocycles. The van der Waals surface area contributed by atoms with Crippen LogP contribution in [-0.2, 0) is 0 Å². The van der Waals surface area contributed by atoms with Crippen LogP contribution in [0.25, 0.3) is 23.8 Å². The van der Waals surface area contributed by atoms with Crippen LogP contribution in [0.1, 0.15) is 47.1 Å². The van der Waals surface area contributed by atoms with Crippen molar-refractivity contribution in [1.29, 1.82) is 0 Å². The SMILES string of the molecule is C(=Cc1ccccc1)CCN1CCC(=C2c3ccccc3C=Cc3ccccc32)CC1.